The topological polar surface area (TPSA) is 32.6 Å². The Morgan fingerprint density at radius 1 is 0.818 bits per heavy atom. The quantitative estimate of drug-likeness (QED) is 0.467. The van der Waals surface area contributed by atoms with E-state index in [-0.39, 0.29) is 10.8 Å². The molecule has 0 radical (unpaired) electrons. The van der Waals surface area contributed by atoms with Crippen LogP contribution in [0.3, 0.4) is 0 Å². The summed E-state index contributed by atoms with van der Waals surface area (Å²) in [5.74, 6) is 0.937. The molecule has 1 saturated carbocycles. The molecule has 0 bridgehead atoms. The summed E-state index contributed by atoms with van der Waals surface area (Å²) in [6.07, 6.45) is 11.1. The lowest BCUT2D eigenvalue weighted by molar-refractivity contribution is 0.444. The van der Waals surface area contributed by atoms with Crippen molar-refractivity contribution >= 4 is 11.9 Å². The van der Waals surface area contributed by atoms with Gasteiger partial charge in [0.25, 0.3) is 0 Å². The molecule has 2 aromatic rings. The number of nitrogens with zero attached hydrogens (tertiary/aromatic N) is 1. The maximum absolute atomic E-state index is 11.2. The van der Waals surface area contributed by atoms with Crippen molar-refractivity contribution < 1.29 is 5.11 Å². The molecule has 2 heteroatoms. The van der Waals surface area contributed by atoms with Gasteiger partial charge in [0, 0.05) is 17.3 Å². The molecular formula is C31H45NO. The standard InChI is InChI=1S/C31H45NO/c1-21-16-22(2)28(26(17-21)23-14-12-10-9-11-13-15-23)32-20-24-18-25(30(3,4)5)19-27(29(24)33)31(6,7)8/h16-20,23,33H,9-15H2,1-8H3. The van der Waals surface area contributed by atoms with E-state index in [9.17, 15) is 5.11 Å². The maximum atomic E-state index is 11.2. The average Bonchev–Trinajstić information content (AvgIpc) is 2.66. The summed E-state index contributed by atoms with van der Waals surface area (Å²) in [4.78, 5) is 5.07. The first-order valence-corrected chi connectivity index (χ1v) is 12.9. The molecule has 180 valence electrons. The zero-order valence-corrected chi connectivity index (χ0v) is 22.3. The van der Waals surface area contributed by atoms with Crippen LogP contribution in [0.4, 0.5) is 5.69 Å². The van der Waals surface area contributed by atoms with E-state index in [2.05, 4.69) is 79.7 Å². The molecule has 0 aromatic heterocycles. The van der Waals surface area contributed by atoms with E-state index >= 15 is 0 Å². The minimum absolute atomic E-state index is 0.0000815. The zero-order chi connectivity index (χ0) is 24.4. The Kier molecular flexibility index (Phi) is 7.76. The number of phenolic OH excluding ortho intramolecular Hbond substituents is 1. The second kappa shape index (κ2) is 10.0. The van der Waals surface area contributed by atoms with Crippen LogP contribution in [0.15, 0.2) is 29.3 Å². The lowest BCUT2D eigenvalue weighted by Gasteiger charge is -2.27. The molecule has 0 atom stereocenters. The van der Waals surface area contributed by atoms with Crippen LogP contribution < -0.4 is 0 Å². The third-order valence-electron chi connectivity index (χ3n) is 7.17. The van der Waals surface area contributed by atoms with Gasteiger partial charge in [-0.3, -0.25) is 4.99 Å². The second-order valence-corrected chi connectivity index (χ2v) is 12.3. The molecule has 2 nitrogen and oxygen atoms in total. The van der Waals surface area contributed by atoms with Crippen LogP contribution in [0, 0.1) is 13.8 Å². The Labute approximate surface area is 202 Å². The predicted molar refractivity (Wildman–Crippen MR) is 144 cm³/mol. The van der Waals surface area contributed by atoms with Crippen LogP contribution in [-0.4, -0.2) is 11.3 Å². The molecule has 2 aromatic carbocycles. The van der Waals surface area contributed by atoms with Gasteiger partial charge in [-0.2, -0.15) is 0 Å². The van der Waals surface area contributed by atoms with Crippen LogP contribution in [-0.2, 0) is 10.8 Å². The van der Waals surface area contributed by atoms with E-state index in [0.29, 0.717) is 11.7 Å². The molecule has 0 heterocycles. The number of aliphatic imine (C=N–C) groups is 1. The highest BCUT2D eigenvalue weighted by atomic mass is 16.3. The number of hydrogen-bond donors (Lipinski definition) is 1. The van der Waals surface area contributed by atoms with Crippen molar-refractivity contribution in [3.63, 3.8) is 0 Å². The third-order valence-corrected chi connectivity index (χ3v) is 7.17. The fourth-order valence-corrected chi connectivity index (χ4v) is 5.14. The molecule has 0 saturated heterocycles. The van der Waals surface area contributed by atoms with Gasteiger partial charge in [-0.15, -0.1) is 0 Å². The first-order chi connectivity index (χ1) is 15.4. The summed E-state index contributed by atoms with van der Waals surface area (Å²) in [7, 11) is 0. The monoisotopic (exact) mass is 447 g/mol. The van der Waals surface area contributed by atoms with Gasteiger partial charge < -0.3 is 5.11 Å². The summed E-state index contributed by atoms with van der Waals surface area (Å²) in [6.45, 7) is 17.5. The first-order valence-electron chi connectivity index (χ1n) is 12.9. The van der Waals surface area contributed by atoms with Gasteiger partial charge >= 0.3 is 0 Å². The molecule has 3 rings (SSSR count). The number of phenols is 1. The van der Waals surface area contributed by atoms with Crippen molar-refractivity contribution in [3.05, 3.63) is 57.6 Å². The van der Waals surface area contributed by atoms with Gasteiger partial charge in [-0.05, 0) is 66.2 Å². The number of aromatic hydroxyl groups is 1. The minimum atomic E-state index is -0.141. The third kappa shape index (κ3) is 6.28. The van der Waals surface area contributed by atoms with Gasteiger partial charge in [-0.25, -0.2) is 0 Å². The van der Waals surface area contributed by atoms with Crippen molar-refractivity contribution in [1.29, 1.82) is 0 Å². The minimum Gasteiger partial charge on any atom is -0.507 e. The van der Waals surface area contributed by atoms with E-state index in [1.165, 1.54) is 67.2 Å². The molecule has 0 amide bonds. The van der Waals surface area contributed by atoms with E-state index in [4.69, 9.17) is 4.99 Å². The highest BCUT2D eigenvalue weighted by Crippen LogP contribution is 2.40. The maximum Gasteiger partial charge on any atom is 0.128 e. The Morgan fingerprint density at radius 2 is 1.42 bits per heavy atom. The van der Waals surface area contributed by atoms with E-state index in [1.54, 1.807) is 0 Å². The normalized spacial score (nSPS) is 16.7. The fourth-order valence-electron chi connectivity index (χ4n) is 5.14. The molecule has 0 spiro atoms. The number of hydrogen-bond acceptors (Lipinski definition) is 2. The molecule has 33 heavy (non-hydrogen) atoms. The van der Waals surface area contributed by atoms with Crippen LogP contribution in [0.5, 0.6) is 5.75 Å². The second-order valence-electron chi connectivity index (χ2n) is 12.3. The SMILES string of the molecule is Cc1cc(C)c(N=Cc2cc(C(C)(C)C)cc(C(C)(C)C)c2O)c(C2CCCCCCC2)c1. The zero-order valence-electron chi connectivity index (χ0n) is 22.3. The van der Waals surface area contributed by atoms with Gasteiger partial charge in [0.1, 0.15) is 5.75 Å². The van der Waals surface area contributed by atoms with Gasteiger partial charge in [0.15, 0.2) is 0 Å². The van der Waals surface area contributed by atoms with Gasteiger partial charge in [-0.1, -0.05) is 97.4 Å². The summed E-state index contributed by atoms with van der Waals surface area (Å²) in [6, 6.07) is 8.89. The lowest BCUT2D eigenvalue weighted by atomic mass is 9.79. The number of benzene rings is 2. The Bertz CT molecular complexity index is 993. The van der Waals surface area contributed by atoms with Crippen molar-refractivity contribution in [3.8, 4) is 5.75 Å². The molecule has 0 unspecified atom stereocenters. The smallest absolute Gasteiger partial charge is 0.128 e. The van der Waals surface area contributed by atoms with Crippen LogP contribution >= 0.6 is 0 Å². The molecule has 1 N–H and O–H groups in total. The van der Waals surface area contributed by atoms with E-state index in [0.717, 1.165) is 16.8 Å². The summed E-state index contributed by atoms with van der Waals surface area (Å²) in [5, 5.41) is 11.2. The summed E-state index contributed by atoms with van der Waals surface area (Å²) in [5.41, 5.74) is 7.93. The first kappa shape index (κ1) is 25.5. The molecule has 1 aliphatic rings. The Hall–Kier alpha value is -2.09. The van der Waals surface area contributed by atoms with Gasteiger partial charge in [0.05, 0.1) is 5.69 Å². The van der Waals surface area contributed by atoms with Crippen molar-refractivity contribution in [2.75, 3.05) is 0 Å². The molecule has 0 aliphatic heterocycles. The van der Waals surface area contributed by atoms with Crippen molar-refractivity contribution in [2.45, 2.75) is 117 Å². The van der Waals surface area contributed by atoms with E-state index in [1.807, 2.05) is 6.21 Å². The van der Waals surface area contributed by atoms with Crippen LogP contribution in [0.25, 0.3) is 0 Å². The van der Waals surface area contributed by atoms with Gasteiger partial charge in [0.2, 0.25) is 0 Å². The highest BCUT2D eigenvalue weighted by Gasteiger charge is 2.25. The predicted octanol–water partition coefficient (Wildman–Crippen LogP) is 9.18. The van der Waals surface area contributed by atoms with Crippen LogP contribution in [0.1, 0.15) is 126 Å². The van der Waals surface area contributed by atoms with E-state index < -0.39 is 0 Å². The summed E-state index contributed by atoms with van der Waals surface area (Å²) < 4.78 is 0. The highest BCUT2D eigenvalue weighted by molar-refractivity contribution is 5.87. The molecule has 1 aliphatic carbocycles. The number of rotatable bonds is 3. The lowest BCUT2D eigenvalue weighted by Crippen LogP contribution is -2.17. The van der Waals surface area contributed by atoms with Crippen molar-refractivity contribution in [1.82, 2.24) is 0 Å². The molecule has 1 fully saturated rings. The average molecular weight is 448 g/mol. The largest absolute Gasteiger partial charge is 0.507 e. The fraction of sp³-hybridized carbons (Fsp3) is 0.581. The number of aryl methyl sites for hydroxylation is 2. The Morgan fingerprint density at radius 3 is 2.00 bits per heavy atom. The Balaban J connectivity index is 2.10. The van der Waals surface area contributed by atoms with Crippen molar-refractivity contribution in [2.24, 2.45) is 4.99 Å². The van der Waals surface area contributed by atoms with Crippen LogP contribution in [0.2, 0.25) is 0 Å². The summed E-state index contributed by atoms with van der Waals surface area (Å²) >= 11 is 0. The molecular weight excluding hydrogens is 402 g/mol.